The highest BCUT2D eigenvalue weighted by molar-refractivity contribution is 5.90. The van der Waals surface area contributed by atoms with Gasteiger partial charge in [-0.3, -0.25) is 9.59 Å². The molecule has 1 saturated carbocycles. The number of carbonyl (C=O) groups is 2. The third kappa shape index (κ3) is 1.53. The Morgan fingerprint density at radius 3 is 1.32 bits per heavy atom. The van der Waals surface area contributed by atoms with Crippen LogP contribution in [0.15, 0.2) is 11.1 Å². The Morgan fingerprint density at radius 2 is 1.14 bits per heavy atom. The van der Waals surface area contributed by atoms with E-state index in [2.05, 4.69) is 27.7 Å². The molecule has 124 valence electrons. The lowest BCUT2D eigenvalue weighted by atomic mass is 9.25. The zero-order valence-electron chi connectivity index (χ0n) is 14.6. The van der Waals surface area contributed by atoms with Crippen molar-refractivity contribution in [3.05, 3.63) is 11.1 Å². The lowest BCUT2D eigenvalue weighted by Crippen LogP contribution is -2.76. The number of hydrogen-bond acceptors (Lipinski definition) is 4. The highest BCUT2D eigenvalue weighted by Crippen LogP contribution is 2.82. The van der Waals surface area contributed by atoms with Crippen LogP contribution in [0.1, 0.15) is 53.4 Å². The van der Waals surface area contributed by atoms with Crippen LogP contribution in [0.5, 0.6) is 0 Å². The highest BCUT2D eigenvalue weighted by atomic mass is 16.5. The topological polar surface area (TPSA) is 52.6 Å². The number of methoxy groups -OCH3 is 2. The minimum absolute atomic E-state index is 0.214. The van der Waals surface area contributed by atoms with E-state index in [1.54, 1.807) is 0 Å². The van der Waals surface area contributed by atoms with Crippen molar-refractivity contribution in [2.45, 2.75) is 53.4 Å². The number of hydrogen-bond donors (Lipinski definition) is 0. The van der Waals surface area contributed by atoms with Crippen LogP contribution >= 0.6 is 0 Å². The zero-order chi connectivity index (χ0) is 16.7. The average Bonchev–Trinajstić information content (AvgIpc) is 2.53. The van der Waals surface area contributed by atoms with Gasteiger partial charge in [0.25, 0.3) is 0 Å². The Labute approximate surface area is 133 Å². The highest BCUT2D eigenvalue weighted by Gasteiger charge is 2.81. The average molecular weight is 308 g/mol. The first kappa shape index (κ1) is 17.0. The molecule has 2 aliphatic carbocycles. The van der Waals surface area contributed by atoms with E-state index < -0.39 is 11.8 Å². The number of allylic oxidation sites excluding steroid dienone is 2. The molecule has 0 unspecified atom stereocenters. The molecule has 0 bridgehead atoms. The minimum Gasteiger partial charge on any atom is -0.469 e. The molecule has 0 heterocycles. The smallest absolute Gasteiger partial charge is 0.310 e. The summed E-state index contributed by atoms with van der Waals surface area (Å²) in [7, 11) is 2.81. The van der Waals surface area contributed by atoms with Crippen LogP contribution in [-0.4, -0.2) is 26.2 Å². The van der Waals surface area contributed by atoms with Gasteiger partial charge in [0.15, 0.2) is 0 Å². The van der Waals surface area contributed by atoms with Crippen molar-refractivity contribution in [1.82, 2.24) is 0 Å². The summed E-state index contributed by atoms with van der Waals surface area (Å²) in [5.41, 5.74) is 2.31. The summed E-state index contributed by atoms with van der Waals surface area (Å²) in [6, 6.07) is 0. The molecule has 0 aromatic heterocycles. The van der Waals surface area contributed by atoms with Gasteiger partial charge in [-0.05, 0) is 25.7 Å². The minimum atomic E-state index is -0.403. The van der Waals surface area contributed by atoms with Crippen LogP contribution in [0, 0.1) is 22.7 Å². The van der Waals surface area contributed by atoms with Gasteiger partial charge in [0.2, 0.25) is 0 Å². The third-order valence-corrected chi connectivity index (χ3v) is 6.37. The van der Waals surface area contributed by atoms with Gasteiger partial charge in [0.1, 0.15) is 0 Å². The second kappa shape index (κ2) is 5.71. The van der Waals surface area contributed by atoms with Crippen molar-refractivity contribution in [1.29, 1.82) is 0 Å². The lowest BCUT2D eigenvalue weighted by Gasteiger charge is -2.76. The molecule has 0 N–H and O–H groups in total. The molecule has 2 rings (SSSR count). The number of esters is 2. The van der Waals surface area contributed by atoms with E-state index in [-0.39, 0.29) is 22.8 Å². The van der Waals surface area contributed by atoms with E-state index >= 15 is 0 Å². The summed E-state index contributed by atoms with van der Waals surface area (Å²) >= 11 is 0. The molecule has 4 heteroatoms. The molecule has 22 heavy (non-hydrogen) atoms. The van der Waals surface area contributed by atoms with E-state index in [0.29, 0.717) is 0 Å². The maximum atomic E-state index is 12.4. The molecule has 0 amide bonds. The molecule has 0 spiro atoms. The van der Waals surface area contributed by atoms with Crippen LogP contribution in [0.2, 0.25) is 0 Å². The molecule has 0 aromatic rings. The lowest BCUT2D eigenvalue weighted by molar-refractivity contribution is -0.228. The Hall–Kier alpha value is -1.32. The van der Waals surface area contributed by atoms with E-state index in [1.165, 1.54) is 25.4 Å². The molecule has 0 aliphatic heterocycles. The second-order valence-electron chi connectivity index (χ2n) is 6.32. The standard InChI is InChI=1S/C18H28O4/c1-7-11-12(8-2)18(10-4)14(16(20)22-6)13(15(19)21-5)17(11,18)9-3/h13-14H,7-10H2,1-6H3/t13-,14-,17-,18+/m0/s1. The molecule has 4 nitrogen and oxygen atoms in total. The zero-order valence-corrected chi connectivity index (χ0v) is 14.6. The van der Waals surface area contributed by atoms with Gasteiger partial charge >= 0.3 is 11.9 Å². The first-order valence-corrected chi connectivity index (χ1v) is 8.36. The molecular formula is C18H28O4. The van der Waals surface area contributed by atoms with Gasteiger partial charge < -0.3 is 9.47 Å². The fraction of sp³-hybridized carbons (Fsp3) is 0.778. The van der Waals surface area contributed by atoms with Crippen LogP contribution < -0.4 is 0 Å². The number of fused-ring (bicyclic) bond motifs is 1. The van der Waals surface area contributed by atoms with Crippen LogP contribution in [-0.2, 0) is 19.1 Å². The number of carbonyl (C=O) groups excluding carboxylic acids is 2. The molecule has 2 aliphatic rings. The van der Waals surface area contributed by atoms with Gasteiger partial charge in [-0.15, -0.1) is 0 Å². The quantitative estimate of drug-likeness (QED) is 0.556. The Balaban J connectivity index is 2.65. The summed E-state index contributed by atoms with van der Waals surface area (Å²) in [4.78, 5) is 24.9. The predicted octanol–water partition coefficient (Wildman–Crippen LogP) is 3.50. The largest absolute Gasteiger partial charge is 0.469 e. The van der Waals surface area contributed by atoms with Gasteiger partial charge in [0.05, 0.1) is 26.1 Å². The van der Waals surface area contributed by atoms with Gasteiger partial charge in [-0.25, -0.2) is 0 Å². The fourth-order valence-corrected chi connectivity index (χ4v) is 5.90. The first-order valence-electron chi connectivity index (χ1n) is 8.36. The summed E-state index contributed by atoms with van der Waals surface area (Å²) in [6.07, 6.45) is 3.59. The normalized spacial score (nSPS) is 36.1. The number of rotatable bonds is 6. The molecule has 1 fully saturated rings. The monoisotopic (exact) mass is 308 g/mol. The van der Waals surface area contributed by atoms with Crippen molar-refractivity contribution in [2.24, 2.45) is 22.7 Å². The summed E-state index contributed by atoms with van der Waals surface area (Å²) in [5.74, 6) is -1.36. The van der Waals surface area contributed by atoms with E-state index in [4.69, 9.17) is 9.47 Å². The number of ether oxygens (including phenoxy) is 2. The van der Waals surface area contributed by atoms with Crippen molar-refractivity contribution in [3.8, 4) is 0 Å². The van der Waals surface area contributed by atoms with E-state index in [9.17, 15) is 9.59 Å². The maximum Gasteiger partial charge on any atom is 0.310 e. The SMILES string of the molecule is CCC1=C(CC)[C@]2(CC)[C@H](C(=O)OC)[C@@H](C(=O)OC)[C@]12CC. The molecule has 4 atom stereocenters. The molecule has 0 saturated heterocycles. The molecule has 0 aromatic carbocycles. The first-order chi connectivity index (χ1) is 10.5. The van der Waals surface area contributed by atoms with Gasteiger partial charge in [-0.1, -0.05) is 38.8 Å². The van der Waals surface area contributed by atoms with Crippen molar-refractivity contribution in [2.75, 3.05) is 14.2 Å². The Morgan fingerprint density at radius 1 is 0.818 bits per heavy atom. The van der Waals surface area contributed by atoms with Crippen LogP contribution in [0.25, 0.3) is 0 Å². The van der Waals surface area contributed by atoms with E-state index in [0.717, 1.165) is 25.7 Å². The molecule has 0 radical (unpaired) electrons. The Kier molecular flexibility index (Phi) is 4.42. The summed E-state index contributed by atoms with van der Waals surface area (Å²) in [5, 5.41) is 0. The van der Waals surface area contributed by atoms with Crippen LogP contribution in [0.4, 0.5) is 0 Å². The van der Waals surface area contributed by atoms with Crippen molar-refractivity contribution in [3.63, 3.8) is 0 Å². The van der Waals surface area contributed by atoms with Crippen molar-refractivity contribution < 1.29 is 19.1 Å². The predicted molar refractivity (Wildman–Crippen MR) is 84.1 cm³/mol. The third-order valence-electron chi connectivity index (χ3n) is 6.37. The maximum absolute atomic E-state index is 12.4. The van der Waals surface area contributed by atoms with Crippen molar-refractivity contribution >= 4 is 11.9 Å². The van der Waals surface area contributed by atoms with E-state index in [1.807, 2.05) is 0 Å². The Bertz CT molecular complexity index is 475. The second-order valence-corrected chi connectivity index (χ2v) is 6.32. The van der Waals surface area contributed by atoms with Crippen LogP contribution in [0.3, 0.4) is 0 Å². The molecular weight excluding hydrogens is 280 g/mol. The van der Waals surface area contributed by atoms with Gasteiger partial charge in [-0.2, -0.15) is 0 Å². The summed E-state index contributed by atoms with van der Waals surface area (Å²) < 4.78 is 10.1. The fourth-order valence-electron chi connectivity index (χ4n) is 5.90. The summed E-state index contributed by atoms with van der Waals surface area (Å²) in [6.45, 7) is 8.52. The van der Waals surface area contributed by atoms with Gasteiger partial charge in [0, 0.05) is 10.8 Å².